The smallest absolute Gasteiger partial charge is 0.155 e. The van der Waals surface area contributed by atoms with Crippen molar-refractivity contribution in [3.05, 3.63) is 35.5 Å². The van der Waals surface area contributed by atoms with Gasteiger partial charge in [0.25, 0.3) is 0 Å². The van der Waals surface area contributed by atoms with Crippen LogP contribution in [0.1, 0.15) is 23.4 Å². The van der Waals surface area contributed by atoms with Crippen LogP contribution >= 0.6 is 0 Å². The molecule has 1 aromatic carbocycles. The number of sulfone groups is 1. The normalized spacial score (nSPS) is 13.4. The van der Waals surface area contributed by atoms with Gasteiger partial charge in [0, 0.05) is 18.9 Å². The van der Waals surface area contributed by atoms with E-state index in [0.717, 1.165) is 11.1 Å². The first-order valence-corrected chi connectivity index (χ1v) is 8.25. The summed E-state index contributed by atoms with van der Waals surface area (Å²) in [5.74, 6) is 0.473. The molecule has 0 fully saturated rings. The first kappa shape index (κ1) is 14.6. The van der Waals surface area contributed by atoms with Crippen LogP contribution in [0.25, 0.3) is 11.1 Å². The Morgan fingerprint density at radius 3 is 2.55 bits per heavy atom. The average molecular weight is 293 g/mol. The molecule has 6 heteroatoms. The number of hydrogen-bond acceptors (Lipinski definition) is 4. The second kappa shape index (κ2) is 4.94. The van der Waals surface area contributed by atoms with E-state index in [-0.39, 0.29) is 0 Å². The maximum Gasteiger partial charge on any atom is 0.155 e. The third-order valence-corrected chi connectivity index (χ3v) is 4.96. The maximum atomic E-state index is 11.8. The lowest BCUT2D eigenvalue weighted by atomic mass is 10.0. The standard InChI is InChI=1S/C14H19N3O2S/c1-9-6-5-7-11(8-9)12-13(10(2)20(4,18)19)16-17(3)14(12)15/h5-8,10H,15H2,1-4H3. The van der Waals surface area contributed by atoms with Crippen LogP contribution in [0.4, 0.5) is 5.82 Å². The van der Waals surface area contributed by atoms with Crippen LogP contribution in [-0.4, -0.2) is 24.5 Å². The van der Waals surface area contributed by atoms with E-state index >= 15 is 0 Å². The van der Waals surface area contributed by atoms with Crippen LogP contribution in [0, 0.1) is 6.92 Å². The molecule has 0 bridgehead atoms. The van der Waals surface area contributed by atoms with E-state index in [1.54, 1.807) is 14.0 Å². The van der Waals surface area contributed by atoms with Gasteiger partial charge >= 0.3 is 0 Å². The van der Waals surface area contributed by atoms with Crippen molar-refractivity contribution < 1.29 is 8.42 Å². The van der Waals surface area contributed by atoms with Crippen molar-refractivity contribution >= 4 is 15.7 Å². The highest BCUT2D eigenvalue weighted by atomic mass is 32.2. The molecule has 20 heavy (non-hydrogen) atoms. The number of hydrogen-bond donors (Lipinski definition) is 1. The molecule has 1 aromatic heterocycles. The molecule has 2 aromatic rings. The number of nitrogens with two attached hydrogens (primary N) is 1. The summed E-state index contributed by atoms with van der Waals surface area (Å²) in [6.07, 6.45) is 1.21. The Kier molecular flexibility index (Phi) is 3.60. The number of rotatable bonds is 3. The van der Waals surface area contributed by atoms with Gasteiger partial charge in [-0.05, 0) is 19.4 Å². The van der Waals surface area contributed by atoms with Crippen LogP contribution in [0.3, 0.4) is 0 Å². The van der Waals surface area contributed by atoms with E-state index in [9.17, 15) is 8.42 Å². The third-order valence-electron chi connectivity index (χ3n) is 3.45. The number of nitrogen functional groups attached to an aromatic ring is 1. The summed E-state index contributed by atoms with van der Waals surface area (Å²) >= 11 is 0. The van der Waals surface area contributed by atoms with E-state index < -0.39 is 15.1 Å². The number of benzene rings is 1. The molecule has 0 aliphatic heterocycles. The van der Waals surface area contributed by atoms with Crippen molar-refractivity contribution in [2.24, 2.45) is 7.05 Å². The van der Waals surface area contributed by atoms with E-state index in [4.69, 9.17) is 5.73 Å². The highest BCUT2D eigenvalue weighted by molar-refractivity contribution is 7.90. The molecule has 5 nitrogen and oxygen atoms in total. The second-order valence-corrected chi connectivity index (χ2v) is 7.48. The Morgan fingerprint density at radius 2 is 2.00 bits per heavy atom. The predicted molar refractivity (Wildman–Crippen MR) is 81.1 cm³/mol. The molecule has 0 radical (unpaired) electrons. The van der Waals surface area contributed by atoms with Crippen LogP contribution in [-0.2, 0) is 16.9 Å². The van der Waals surface area contributed by atoms with Gasteiger partial charge in [0.05, 0.1) is 5.69 Å². The summed E-state index contributed by atoms with van der Waals surface area (Å²) < 4.78 is 25.1. The Morgan fingerprint density at radius 1 is 1.35 bits per heavy atom. The summed E-state index contributed by atoms with van der Waals surface area (Å²) in [6, 6.07) is 7.80. The van der Waals surface area contributed by atoms with Gasteiger partial charge < -0.3 is 5.73 Å². The third kappa shape index (κ3) is 2.56. The Hall–Kier alpha value is -1.82. The van der Waals surface area contributed by atoms with Gasteiger partial charge in [-0.25, -0.2) is 8.42 Å². The van der Waals surface area contributed by atoms with Crippen molar-refractivity contribution in [3.63, 3.8) is 0 Å². The lowest BCUT2D eigenvalue weighted by Gasteiger charge is -2.10. The zero-order valence-corrected chi connectivity index (χ0v) is 12.9. The molecular formula is C14H19N3O2S. The monoisotopic (exact) mass is 293 g/mol. The predicted octanol–water partition coefficient (Wildman–Crippen LogP) is 2.08. The number of aromatic nitrogens is 2. The molecule has 1 heterocycles. The molecule has 0 saturated heterocycles. The van der Waals surface area contributed by atoms with Gasteiger partial charge in [-0.2, -0.15) is 5.10 Å². The summed E-state index contributed by atoms with van der Waals surface area (Å²) in [5.41, 5.74) is 9.25. The SMILES string of the molecule is Cc1cccc(-c2c(C(C)S(C)(=O)=O)nn(C)c2N)c1. The van der Waals surface area contributed by atoms with Crippen molar-refractivity contribution in [3.8, 4) is 11.1 Å². The molecule has 0 amide bonds. The molecule has 0 saturated carbocycles. The van der Waals surface area contributed by atoms with Crippen molar-refractivity contribution in [1.82, 2.24) is 9.78 Å². The lowest BCUT2D eigenvalue weighted by molar-refractivity contribution is 0.589. The number of nitrogens with zero attached hydrogens (tertiary/aromatic N) is 2. The number of aryl methyl sites for hydroxylation is 2. The molecule has 108 valence electrons. The van der Waals surface area contributed by atoms with E-state index in [2.05, 4.69) is 5.10 Å². The molecule has 0 aliphatic carbocycles. The summed E-state index contributed by atoms with van der Waals surface area (Å²) in [6.45, 7) is 3.62. The van der Waals surface area contributed by atoms with Gasteiger partial charge in [0.1, 0.15) is 11.1 Å². The molecule has 1 atom stereocenters. The number of anilines is 1. The second-order valence-electron chi connectivity index (χ2n) is 5.11. The van der Waals surface area contributed by atoms with Gasteiger partial charge in [-0.1, -0.05) is 29.8 Å². The summed E-state index contributed by atoms with van der Waals surface area (Å²) in [5, 5.41) is 3.60. The van der Waals surface area contributed by atoms with E-state index in [1.165, 1.54) is 10.9 Å². The molecule has 2 N–H and O–H groups in total. The van der Waals surface area contributed by atoms with Crippen molar-refractivity contribution in [1.29, 1.82) is 0 Å². The summed E-state index contributed by atoms with van der Waals surface area (Å²) in [4.78, 5) is 0. The molecule has 0 aliphatic rings. The minimum Gasteiger partial charge on any atom is -0.383 e. The quantitative estimate of drug-likeness (QED) is 0.940. The maximum absolute atomic E-state index is 11.8. The summed E-state index contributed by atoms with van der Waals surface area (Å²) in [7, 11) is -1.52. The van der Waals surface area contributed by atoms with Crippen molar-refractivity contribution in [2.75, 3.05) is 12.0 Å². The Balaban J connectivity index is 2.70. The lowest BCUT2D eigenvalue weighted by Crippen LogP contribution is -2.09. The molecule has 2 rings (SSSR count). The Labute approximate surface area is 119 Å². The highest BCUT2D eigenvalue weighted by Gasteiger charge is 2.26. The van der Waals surface area contributed by atoms with Gasteiger partial charge in [-0.3, -0.25) is 4.68 Å². The first-order valence-electron chi connectivity index (χ1n) is 6.30. The Bertz CT molecular complexity index is 748. The minimum atomic E-state index is -3.23. The topological polar surface area (TPSA) is 78.0 Å². The first-order chi connectivity index (χ1) is 9.21. The fourth-order valence-electron chi connectivity index (χ4n) is 2.14. The van der Waals surface area contributed by atoms with Crippen LogP contribution in [0.15, 0.2) is 24.3 Å². The molecular weight excluding hydrogens is 274 g/mol. The molecule has 0 spiro atoms. The minimum absolute atomic E-state index is 0.473. The van der Waals surface area contributed by atoms with E-state index in [1.807, 2.05) is 31.2 Å². The zero-order chi connectivity index (χ0) is 15.1. The van der Waals surface area contributed by atoms with Gasteiger partial charge in [-0.15, -0.1) is 0 Å². The van der Waals surface area contributed by atoms with Gasteiger partial charge in [0.2, 0.25) is 0 Å². The van der Waals surface area contributed by atoms with Crippen LogP contribution < -0.4 is 5.73 Å². The van der Waals surface area contributed by atoms with Crippen LogP contribution in [0.2, 0.25) is 0 Å². The fraction of sp³-hybridized carbons (Fsp3) is 0.357. The molecule has 1 unspecified atom stereocenters. The van der Waals surface area contributed by atoms with Crippen molar-refractivity contribution in [2.45, 2.75) is 19.1 Å². The average Bonchev–Trinajstić information content (AvgIpc) is 2.63. The zero-order valence-electron chi connectivity index (χ0n) is 12.1. The van der Waals surface area contributed by atoms with E-state index in [0.29, 0.717) is 17.1 Å². The fourth-order valence-corrected chi connectivity index (χ4v) is 2.71. The largest absolute Gasteiger partial charge is 0.383 e. The van der Waals surface area contributed by atoms with Crippen LogP contribution in [0.5, 0.6) is 0 Å². The van der Waals surface area contributed by atoms with Gasteiger partial charge in [0.15, 0.2) is 9.84 Å². The highest BCUT2D eigenvalue weighted by Crippen LogP contribution is 2.35.